The highest BCUT2D eigenvalue weighted by Crippen LogP contribution is 2.40. The number of benzene rings is 2. The number of carbonyl (C=O) groups is 3. The molecule has 8 nitrogen and oxygen atoms in total. The van der Waals surface area contributed by atoms with Crippen LogP contribution in [0.2, 0.25) is 0 Å². The Morgan fingerprint density at radius 2 is 1.80 bits per heavy atom. The minimum Gasteiger partial charge on any atom is -0.507 e. The topological polar surface area (TPSA) is 106 Å². The third-order valence-corrected chi connectivity index (χ3v) is 6.54. The highest BCUT2D eigenvalue weighted by molar-refractivity contribution is 6.46. The van der Waals surface area contributed by atoms with E-state index in [9.17, 15) is 19.5 Å². The number of carbonyl (C=O) groups excluding carboxylic acids is 3. The third kappa shape index (κ3) is 6.22. The van der Waals surface area contributed by atoms with Crippen molar-refractivity contribution in [3.63, 3.8) is 0 Å². The largest absolute Gasteiger partial charge is 0.507 e. The molecule has 1 fully saturated rings. The molecule has 0 saturated carbocycles. The molecule has 1 unspecified atom stereocenters. The summed E-state index contributed by atoms with van der Waals surface area (Å²) in [7, 11) is 0. The van der Waals surface area contributed by atoms with Crippen LogP contribution in [0.15, 0.2) is 72.6 Å². The standard InChI is InChI=1S/C32H34N2O6/c1-5-15-39-32(38)23-10-8-22(9-11-23)18-34-28(25-7-6-14-33-17-25)27(30(36)31(34)37)29(35)24-12-13-26(21(4)16-24)40-19-20(2)3/h6-14,16-17,20,28,35H,5,15,18-19H2,1-4H3/b29-27-. The molecule has 0 aliphatic carbocycles. The number of hydrogen-bond donors (Lipinski definition) is 1. The number of nitrogens with zero attached hydrogens (tertiary/aromatic N) is 2. The van der Waals surface area contributed by atoms with Crippen LogP contribution in [0.4, 0.5) is 0 Å². The quantitative estimate of drug-likeness (QED) is 0.154. The van der Waals surface area contributed by atoms with Gasteiger partial charge in [-0.3, -0.25) is 14.6 Å². The van der Waals surface area contributed by atoms with Crippen molar-refractivity contribution in [3.8, 4) is 5.75 Å². The van der Waals surface area contributed by atoms with E-state index >= 15 is 0 Å². The van der Waals surface area contributed by atoms with Crippen LogP contribution < -0.4 is 4.74 Å². The monoisotopic (exact) mass is 542 g/mol. The van der Waals surface area contributed by atoms with Crippen molar-refractivity contribution in [1.29, 1.82) is 0 Å². The van der Waals surface area contributed by atoms with Crippen LogP contribution in [0.5, 0.6) is 5.75 Å². The molecule has 1 aliphatic heterocycles. The van der Waals surface area contributed by atoms with E-state index in [1.54, 1.807) is 67.0 Å². The van der Waals surface area contributed by atoms with E-state index < -0.39 is 23.7 Å². The van der Waals surface area contributed by atoms with E-state index in [2.05, 4.69) is 18.8 Å². The molecule has 8 heteroatoms. The third-order valence-electron chi connectivity index (χ3n) is 6.54. The van der Waals surface area contributed by atoms with Crippen LogP contribution >= 0.6 is 0 Å². The Bertz CT molecular complexity index is 1410. The molecule has 40 heavy (non-hydrogen) atoms. The van der Waals surface area contributed by atoms with Crippen LogP contribution in [0.25, 0.3) is 5.76 Å². The average molecular weight is 543 g/mol. The van der Waals surface area contributed by atoms with E-state index in [0.717, 1.165) is 12.0 Å². The summed E-state index contributed by atoms with van der Waals surface area (Å²) in [6.45, 7) is 8.88. The smallest absolute Gasteiger partial charge is 0.338 e. The van der Waals surface area contributed by atoms with Gasteiger partial charge in [0.2, 0.25) is 0 Å². The number of Topliss-reactive ketones (excluding diaryl/α,β-unsaturated/α-hetero) is 1. The molecule has 0 radical (unpaired) electrons. The Kier molecular flexibility index (Phi) is 8.99. The number of rotatable bonds is 10. The molecule has 1 atom stereocenters. The molecule has 1 amide bonds. The molecule has 2 aromatic carbocycles. The van der Waals surface area contributed by atoms with Crippen molar-refractivity contribution in [3.05, 3.63) is 100 Å². The Morgan fingerprint density at radius 3 is 2.42 bits per heavy atom. The minimum atomic E-state index is -0.847. The summed E-state index contributed by atoms with van der Waals surface area (Å²) in [6.07, 6.45) is 3.91. The van der Waals surface area contributed by atoms with Gasteiger partial charge in [0.1, 0.15) is 11.5 Å². The van der Waals surface area contributed by atoms with E-state index in [1.807, 2.05) is 13.8 Å². The Labute approximate surface area is 234 Å². The van der Waals surface area contributed by atoms with Crippen molar-refractivity contribution in [2.45, 2.75) is 46.7 Å². The van der Waals surface area contributed by atoms with Gasteiger partial charge in [-0.1, -0.05) is 39.0 Å². The first-order valence-electron chi connectivity index (χ1n) is 13.4. The summed E-state index contributed by atoms with van der Waals surface area (Å²) in [5.74, 6) is -1.13. The van der Waals surface area contributed by atoms with Crippen molar-refractivity contribution >= 4 is 23.4 Å². The maximum absolute atomic E-state index is 13.4. The first-order valence-corrected chi connectivity index (χ1v) is 13.4. The van der Waals surface area contributed by atoms with E-state index in [-0.39, 0.29) is 17.9 Å². The SMILES string of the molecule is CCCOC(=O)c1ccc(CN2C(=O)C(=O)/C(=C(\O)c3ccc(OCC(C)C)c(C)c3)C2c2cccnc2)cc1. The molecule has 3 aromatic rings. The predicted octanol–water partition coefficient (Wildman–Crippen LogP) is 5.61. The number of aryl methyl sites for hydroxylation is 1. The number of aliphatic hydroxyl groups excluding tert-OH is 1. The number of aromatic nitrogens is 1. The number of amides is 1. The zero-order chi connectivity index (χ0) is 28.8. The van der Waals surface area contributed by atoms with Crippen LogP contribution in [0, 0.1) is 12.8 Å². The molecule has 1 aliphatic rings. The first-order chi connectivity index (χ1) is 19.2. The second kappa shape index (κ2) is 12.6. The van der Waals surface area contributed by atoms with Crippen LogP contribution in [0.3, 0.4) is 0 Å². The van der Waals surface area contributed by atoms with Gasteiger partial charge in [-0.25, -0.2) is 4.79 Å². The van der Waals surface area contributed by atoms with Gasteiger partial charge < -0.3 is 19.5 Å². The fourth-order valence-corrected chi connectivity index (χ4v) is 4.52. The molecular weight excluding hydrogens is 508 g/mol. The summed E-state index contributed by atoms with van der Waals surface area (Å²) in [5.41, 5.74) is 2.92. The van der Waals surface area contributed by atoms with Crippen LogP contribution in [-0.4, -0.2) is 45.9 Å². The lowest BCUT2D eigenvalue weighted by atomic mass is 9.95. The molecule has 1 saturated heterocycles. The number of aliphatic hydroxyl groups is 1. The molecule has 1 N–H and O–H groups in total. The summed E-state index contributed by atoms with van der Waals surface area (Å²) in [4.78, 5) is 44.5. The van der Waals surface area contributed by atoms with Gasteiger partial charge in [-0.15, -0.1) is 0 Å². The fraction of sp³-hybridized carbons (Fsp3) is 0.312. The molecule has 0 spiro atoms. The molecule has 4 rings (SSSR count). The van der Waals surface area contributed by atoms with Gasteiger partial charge in [-0.2, -0.15) is 0 Å². The summed E-state index contributed by atoms with van der Waals surface area (Å²) in [5, 5.41) is 11.4. The van der Waals surface area contributed by atoms with E-state index in [1.165, 1.54) is 4.90 Å². The zero-order valence-corrected chi connectivity index (χ0v) is 23.2. The van der Waals surface area contributed by atoms with Crippen LogP contribution in [-0.2, 0) is 20.9 Å². The lowest BCUT2D eigenvalue weighted by molar-refractivity contribution is -0.140. The zero-order valence-electron chi connectivity index (χ0n) is 23.2. The summed E-state index contributed by atoms with van der Waals surface area (Å²) in [6, 6.07) is 14.5. The highest BCUT2D eigenvalue weighted by atomic mass is 16.5. The maximum atomic E-state index is 13.4. The molecule has 208 valence electrons. The van der Waals surface area contributed by atoms with Gasteiger partial charge in [-0.05, 0) is 72.4 Å². The fourth-order valence-electron chi connectivity index (χ4n) is 4.52. The number of ketones is 1. The van der Waals surface area contributed by atoms with E-state index in [0.29, 0.717) is 47.1 Å². The van der Waals surface area contributed by atoms with Gasteiger partial charge in [0.25, 0.3) is 11.7 Å². The Balaban J connectivity index is 1.69. The second-order valence-electron chi connectivity index (χ2n) is 10.2. The van der Waals surface area contributed by atoms with Crippen molar-refractivity contribution in [2.24, 2.45) is 5.92 Å². The van der Waals surface area contributed by atoms with Gasteiger partial charge in [0.05, 0.1) is 30.4 Å². The van der Waals surface area contributed by atoms with Crippen molar-refractivity contribution in [1.82, 2.24) is 9.88 Å². The van der Waals surface area contributed by atoms with Crippen LogP contribution in [0.1, 0.15) is 65.8 Å². The lowest BCUT2D eigenvalue weighted by Gasteiger charge is -2.25. The molecule has 1 aromatic heterocycles. The van der Waals surface area contributed by atoms with Gasteiger partial charge in [0.15, 0.2) is 0 Å². The van der Waals surface area contributed by atoms with E-state index in [4.69, 9.17) is 9.47 Å². The maximum Gasteiger partial charge on any atom is 0.338 e. The average Bonchev–Trinajstić information content (AvgIpc) is 3.20. The highest BCUT2D eigenvalue weighted by Gasteiger charge is 2.46. The predicted molar refractivity (Wildman–Crippen MR) is 151 cm³/mol. The van der Waals surface area contributed by atoms with Crippen molar-refractivity contribution < 1.29 is 29.0 Å². The second-order valence-corrected chi connectivity index (χ2v) is 10.2. The molecule has 2 heterocycles. The number of ether oxygens (including phenoxy) is 2. The van der Waals surface area contributed by atoms with Crippen molar-refractivity contribution in [2.75, 3.05) is 13.2 Å². The molecule has 0 bridgehead atoms. The first kappa shape index (κ1) is 28.5. The van der Waals surface area contributed by atoms with Gasteiger partial charge in [0, 0.05) is 24.5 Å². The summed E-state index contributed by atoms with van der Waals surface area (Å²) < 4.78 is 11.0. The van der Waals surface area contributed by atoms with Gasteiger partial charge >= 0.3 is 5.97 Å². The summed E-state index contributed by atoms with van der Waals surface area (Å²) >= 11 is 0. The molecular formula is C32H34N2O6. The number of pyridine rings is 1. The minimum absolute atomic E-state index is 0.00647. The lowest BCUT2D eigenvalue weighted by Crippen LogP contribution is -2.29. The number of esters is 1. The Hall–Kier alpha value is -4.46. The number of likely N-dealkylation sites (tertiary alicyclic amines) is 1. The Morgan fingerprint density at radius 1 is 1.07 bits per heavy atom. The number of hydrogen-bond acceptors (Lipinski definition) is 7. The normalized spacial score (nSPS) is 16.4.